The standard InChI is InChI=1S/C19H17NO3/c1-22-16-11-9-15(10-12-16)20-19(21)13-23-18-8-4-6-14-5-2-3-7-17(14)18/h2-12H,13H2,1H3,(H,20,21). The quantitative estimate of drug-likeness (QED) is 0.778. The van der Waals surface area contributed by atoms with Gasteiger partial charge in [-0.15, -0.1) is 0 Å². The average molecular weight is 307 g/mol. The van der Waals surface area contributed by atoms with E-state index >= 15 is 0 Å². The predicted octanol–water partition coefficient (Wildman–Crippen LogP) is 3.87. The zero-order valence-corrected chi connectivity index (χ0v) is 12.8. The zero-order chi connectivity index (χ0) is 16.1. The van der Waals surface area contributed by atoms with Crippen molar-refractivity contribution in [3.63, 3.8) is 0 Å². The molecule has 3 aromatic carbocycles. The molecule has 0 aliphatic heterocycles. The third-order valence-corrected chi connectivity index (χ3v) is 3.48. The number of nitrogens with one attached hydrogen (secondary N) is 1. The van der Waals surface area contributed by atoms with Gasteiger partial charge in [-0.3, -0.25) is 4.79 Å². The summed E-state index contributed by atoms with van der Waals surface area (Å²) < 4.78 is 10.7. The smallest absolute Gasteiger partial charge is 0.262 e. The largest absolute Gasteiger partial charge is 0.497 e. The summed E-state index contributed by atoms with van der Waals surface area (Å²) in [5.41, 5.74) is 0.706. The van der Waals surface area contributed by atoms with Crippen LogP contribution in [0.3, 0.4) is 0 Å². The number of rotatable bonds is 5. The molecule has 3 rings (SSSR count). The SMILES string of the molecule is COc1ccc(NC(=O)COc2cccc3ccccc23)cc1. The van der Waals surface area contributed by atoms with Gasteiger partial charge in [-0.05, 0) is 35.7 Å². The predicted molar refractivity (Wildman–Crippen MR) is 91.1 cm³/mol. The van der Waals surface area contributed by atoms with E-state index in [4.69, 9.17) is 9.47 Å². The molecule has 0 saturated carbocycles. The maximum Gasteiger partial charge on any atom is 0.262 e. The summed E-state index contributed by atoms with van der Waals surface area (Å²) in [6.45, 7) is -0.0416. The molecule has 3 aromatic rings. The van der Waals surface area contributed by atoms with Crippen molar-refractivity contribution in [1.29, 1.82) is 0 Å². The summed E-state index contributed by atoms with van der Waals surface area (Å²) in [7, 11) is 1.60. The van der Waals surface area contributed by atoms with Crippen LogP contribution in [0.25, 0.3) is 10.8 Å². The Morgan fingerprint density at radius 2 is 1.70 bits per heavy atom. The molecule has 0 heterocycles. The van der Waals surface area contributed by atoms with Crippen LogP contribution in [0.2, 0.25) is 0 Å². The fourth-order valence-corrected chi connectivity index (χ4v) is 2.34. The van der Waals surface area contributed by atoms with Crippen molar-refractivity contribution in [2.45, 2.75) is 0 Å². The molecule has 0 spiro atoms. The Kier molecular flexibility index (Phi) is 4.43. The van der Waals surface area contributed by atoms with E-state index in [-0.39, 0.29) is 12.5 Å². The molecule has 0 aliphatic carbocycles. The number of carbonyl (C=O) groups is 1. The molecule has 0 fully saturated rings. The van der Waals surface area contributed by atoms with Crippen LogP contribution >= 0.6 is 0 Å². The lowest BCUT2D eigenvalue weighted by molar-refractivity contribution is -0.118. The third kappa shape index (κ3) is 3.61. The van der Waals surface area contributed by atoms with E-state index in [1.165, 1.54) is 0 Å². The number of methoxy groups -OCH3 is 1. The van der Waals surface area contributed by atoms with Crippen molar-refractivity contribution in [3.05, 3.63) is 66.7 Å². The lowest BCUT2D eigenvalue weighted by Crippen LogP contribution is -2.20. The molecule has 116 valence electrons. The second-order valence-electron chi connectivity index (χ2n) is 5.04. The van der Waals surface area contributed by atoms with E-state index in [1.54, 1.807) is 31.4 Å². The first kappa shape index (κ1) is 14.9. The van der Waals surface area contributed by atoms with Gasteiger partial charge < -0.3 is 14.8 Å². The van der Waals surface area contributed by atoms with Crippen LogP contribution in [0.1, 0.15) is 0 Å². The van der Waals surface area contributed by atoms with E-state index in [0.717, 1.165) is 16.5 Å². The van der Waals surface area contributed by atoms with Crippen molar-refractivity contribution in [2.75, 3.05) is 19.0 Å². The van der Waals surface area contributed by atoms with E-state index < -0.39 is 0 Å². The summed E-state index contributed by atoms with van der Waals surface area (Å²) >= 11 is 0. The Labute approximate surface area is 134 Å². The first-order valence-electron chi connectivity index (χ1n) is 7.31. The molecule has 0 unspecified atom stereocenters. The summed E-state index contributed by atoms with van der Waals surface area (Å²) in [6.07, 6.45) is 0. The minimum atomic E-state index is -0.205. The van der Waals surface area contributed by atoms with Crippen molar-refractivity contribution in [2.24, 2.45) is 0 Å². The number of hydrogen-bond donors (Lipinski definition) is 1. The van der Waals surface area contributed by atoms with Gasteiger partial charge >= 0.3 is 0 Å². The van der Waals surface area contributed by atoms with Crippen LogP contribution in [0, 0.1) is 0 Å². The molecule has 1 amide bonds. The number of carbonyl (C=O) groups excluding carboxylic acids is 1. The van der Waals surface area contributed by atoms with Gasteiger partial charge in [0.2, 0.25) is 0 Å². The van der Waals surface area contributed by atoms with Gasteiger partial charge in [0.15, 0.2) is 6.61 Å². The molecular weight excluding hydrogens is 290 g/mol. The lowest BCUT2D eigenvalue weighted by Gasteiger charge is -2.10. The highest BCUT2D eigenvalue weighted by Crippen LogP contribution is 2.25. The van der Waals surface area contributed by atoms with E-state index in [9.17, 15) is 4.79 Å². The number of hydrogen-bond acceptors (Lipinski definition) is 3. The molecule has 4 heteroatoms. The summed E-state index contributed by atoms with van der Waals surface area (Å²) in [6, 6.07) is 20.9. The summed E-state index contributed by atoms with van der Waals surface area (Å²) in [5, 5.41) is 4.87. The van der Waals surface area contributed by atoms with Crippen LogP contribution in [0.15, 0.2) is 66.7 Å². The fraction of sp³-hybridized carbons (Fsp3) is 0.105. The molecule has 0 radical (unpaired) electrons. The first-order valence-corrected chi connectivity index (χ1v) is 7.31. The minimum Gasteiger partial charge on any atom is -0.497 e. The number of amides is 1. The van der Waals surface area contributed by atoms with Gasteiger partial charge in [-0.2, -0.15) is 0 Å². The molecule has 1 N–H and O–H groups in total. The lowest BCUT2D eigenvalue weighted by atomic mass is 10.1. The van der Waals surface area contributed by atoms with Crippen LogP contribution in [0.4, 0.5) is 5.69 Å². The van der Waals surface area contributed by atoms with Crippen LogP contribution < -0.4 is 14.8 Å². The molecule has 0 aromatic heterocycles. The maximum absolute atomic E-state index is 12.0. The Morgan fingerprint density at radius 1 is 0.957 bits per heavy atom. The molecule has 0 saturated heterocycles. The van der Waals surface area contributed by atoms with E-state index in [1.807, 2.05) is 42.5 Å². The van der Waals surface area contributed by atoms with E-state index in [2.05, 4.69) is 5.32 Å². The highest BCUT2D eigenvalue weighted by Gasteiger charge is 2.06. The normalized spacial score (nSPS) is 10.3. The summed E-state index contributed by atoms with van der Waals surface area (Å²) in [4.78, 5) is 12.0. The second kappa shape index (κ2) is 6.83. The Hall–Kier alpha value is -3.01. The van der Waals surface area contributed by atoms with Gasteiger partial charge in [0.25, 0.3) is 5.91 Å². The van der Waals surface area contributed by atoms with E-state index in [0.29, 0.717) is 11.4 Å². The third-order valence-electron chi connectivity index (χ3n) is 3.48. The van der Waals surface area contributed by atoms with Gasteiger partial charge in [-0.25, -0.2) is 0 Å². The van der Waals surface area contributed by atoms with Crippen LogP contribution in [-0.2, 0) is 4.79 Å². The Bertz CT molecular complexity index is 807. The monoisotopic (exact) mass is 307 g/mol. The number of fused-ring (bicyclic) bond motifs is 1. The van der Waals surface area contributed by atoms with Crippen LogP contribution in [0.5, 0.6) is 11.5 Å². The molecule has 0 atom stereocenters. The first-order chi connectivity index (χ1) is 11.3. The Balaban J connectivity index is 1.63. The molecule has 4 nitrogen and oxygen atoms in total. The summed E-state index contributed by atoms with van der Waals surface area (Å²) in [5.74, 6) is 1.24. The number of ether oxygens (including phenoxy) is 2. The zero-order valence-electron chi connectivity index (χ0n) is 12.8. The fourth-order valence-electron chi connectivity index (χ4n) is 2.34. The van der Waals surface area contributed by atoms with Crippen molar-refractivity contribution >= 4 is 22.4 Å². The van der Waals surface area contributed by atoms with Gasteiger partial charge in [-0.1, -0.05) is 36.4 Å². The number of benzene rings is 3. The Morgan fingerprint density at radius 3 is 2.48 bits per heavy atom. The van der Waals surface area contributed by atoms with Crippen LogP contribution in [-0.4, -0.2) is 19.6 Å². The van der Waals surface area contributed by atoms with Gasteiger partial charge in [0.05, 0.1) is 7.11 Å². The highest BCUT2D eigenvalue weighted by molar-refractivity contribution is 5.93. The van der Waals surface area contributed by atoms with Crippen molar-refractivity contribution in [3.8, 4) is 11.5 Å². The van der Waals surface area contributed by atoms with Gasteiger partial charge in [0, 0.05) is 11.1 Å². The molecule has 23 heavy (non-hydrogen) atoms. The van der Waals surface area contributed by atoms with Crippen molar-refractivity contribution < 1.29 is 14.3 Å². The van der Waals surface area contributed by atoms with Crippen molar-refractivity contribution in [1.82, 2.24) is 0 Å². The minimum absolute atomic E-state index is 0.0416. The molecule has 0 aliphatic rings. The molecule has 0 bridgehead atoms. The maximum atomic E-state index is 12.0. The average Bonchev–Trinajstić information content (AvgIpc) is 2.60. The highest BCUT2D eigenvalue weighted by atomic mass is 16.5. The number of anilines is 1. The molecular formula is C19H17NO3. The topological polar surface area (TPSA) is 47.6 Å². The second-order valence-corrected chi connectivity index (χ2v) is 5.04. The van der Waals surface area contributed by atoms with Gasteiger partial charge in [0.1, 0.15) is 11.5 Å².